The highest BCUT2D eigenvalue weighted by Crippen LogP contribution is 2.29. The van der Waals surface area contributed by atoms with Crippen molar-refractivity contribution >= 4 is 22.6 Å². The Morgan fingerprint density at radius 3 is 2.78 bits per heavy atom. The normalized spacial score (nSPS) is 17.7. The fourth-order valence-electron chi connectivity index (χ4n) is 3.17. The Labute approximate surface area is 134 Å². The molecule has 2 aromatic carbocycles. The summed E-state index contributed by atoms with van der Waals surface area (Å²) in [6, 6.07) is 12.0. The molecule has 1 aliphatic rings. The number of carboxylic acids is 1. The van der Waals surface area contributed by atoms with Crippen LogP contribution in [0.1, 0.15) is 12.0 Å². The predicted octanol–water partition coefficient (Wildman–Crippen LogP) is 2.32. The average molecular weight is 313 g/mol. The predicted molar refractivity (Wildman–Crippen MR) is 86.5 cm³/mol. The van der Waals surface area contributed by atoms with Crippen molar-refractivity contribution in [1.29, 1.82) is 0 Å². The molecule has 1 amide bonds. The van der Waals surface area contributed by atoms with E-state index in [0.717, 1.165) is 22.1 Å². The minimum Gasteiger partial charge on any atom is -0.496 e. The smallest absolute Gasteiger partial charge is 0.308 e. The molecular weight excluding hydrogens is 294 g/mol. The van der Waals surface area contributed by atoms with Crippen molar-refractivity contribution in [3.05, 3.63) is 42.0 Å². The van der Waals surface area contributed by atoms with Crippen LogP contribution in [0.15, 0.2) is 36.4 Å². The van der Waals surface area contributed by atoms with Gasteiger partial charge in [-0.25, -0.2) is 0 Å². The Bertz CT molecular complexity index is 756. The number of rotatable bonds is 5. The van der Waals surface area contributed by atoms with E-state index in [-0.39, 0.29) is 12.3 Å². The third-order valence-corrected chi connectivity index (χ3v) is 4.41. The third-order valence-electron chi connectivity index (χ3n) is 4.41. The maximum absolute atomic E-state index is 12.0. The summed E-state index contributed by atoms with van der Waals surface area (Å²) >= 11 is 0. The lowest BCUT2D eigenvalue weighted by molar-refractivity contribution is -0.141. The molecule has 2 aromatic rings. The SMILES string of the molecule is COc1ccc2ccccc2c1CCN1CC(C(=O)O)CC1=O. The molecule has 120 valence electrons. The number of benzene rings is 2. The first-order chi connectivity index (χ1) is 11.1. The van der Waals surface area contributed by atoms with Crippen LogP contribution >= 0.6 is 0 Å². The summed E-state index contributed by atoms with van der Waals surface area (Å²) in [6.45, 7) is 0.800. The van der Waals surface area contributed by atoms with Gasteiger partial charge in [-0.1, -0.05) is 30.3 Å². The molecule has 5 nitrogen and oxygen atoms in total. The molecule has 1 unspecified atom stereocenters. The van der Waals surface area contributed by atoms with Gasteiger partial charge in [-0.3, -0.25) is 9.59 Å². The van der Waals surface area contributed by atoms with Crippen LogP contribution in [0.4, 0.5) is 0 Å². The van der Waals surface area contributed by atoms with E-state index in [0.29, 0.717) is 19.5 Å². The van der Waals surface area contributed by atoms with Crippen molar-refractivity contribution in [2.45, 2.75) is 12.8 Å². The second kappa shape index (κ2) is 6.28. The van der Waals surface area contributed by atoms with Crippen molar-refractivity contribution in [2.24, 2.45) is 5.92 Å². The van der Waals surface area contributed by atoms with Gasteiger partial charge in [-0.2, -0.15) is 0 Å². The molecule has 0 saturated carbocycles. The van der Waals surface area contributed by atoms with Crippen molar-refractivity contribution in [3.63, 3.8) is 0 Å². The molecule has 23 heavy (non-hydrogen) atoms. The van der Waals surface area contributed by atoms with E-state index in [2.05, 4.69) is 0 Å². The van der Waals surface area contributed by atoms with E-state index < -0.39 is 11.9 Å². The molecule has 1 heterocycles. The van der Waals surface area contributed by atoms with Crippen LogP contribution < -0.4 is 4.74 Å². The van der Waals surface area contributed by atoms with Gasteiger partial charge in [0.1, 0.15) is 5.75 Å². The summed E-state index contributed by atoms with van der Waals surface area (Å²) in [5, 5.41) is 11.3. The minimum atomic E-state index is -0.899. The zero-order chi connectivity index (χ0) is 16.4. The van der Waals surface area contributed by atoms with E-state index in [9.17, 15) is 9.59 Å². The second-order valence-electron chi connectivity index (χ2n) is 5.80. The van der Waals surface area contributed by atoms with Gasteiger partial charge in [-0.15, -0.1) is 0 Å². The van der Waals surface area contributed by atoms with Gasteiger partial charge in [-0.05, 0) is 23.3 Å². The molecule has 1 aliphatic heterocycles. The first-order valence-electron chi connectivity index (χ1n) is 7.65. The summed E-state index contributed by atoms with van der Waals surface area (Å²) in [5.41, 5.74) is 1.05. The van der Waals surface area contributed by atoms with E-state index in [4.69, 9.17) is 9.84 Å². The number of hydrogen-bond acceptors (Lipinski definition) is 3. The van der Waals surface area contributed by atoms with Crippen molar-refractivity contribution in [2.75, 3.05) is 20.2 Å². The summed E-state index contributed by atoms with van der Waals surface area (Å²) in [4.78, 5) is 24.6. The highest BCUT2D eigenvalue weighted by Gasteiger charge is 2.33. The zero-order valence-corrected chi connectivity index (χ0v) is 13.0. The summed E-state index contributed by atoms with van der Waals surface area (Å²) in [7, 11) is 1.63. The van der Waals surface area contributed by atoms with Crippen LogP contribution in [0.5, 0.6) is 5.75 Å². The van der Waals surface area contributed by atoms with Gasteiger partial charge in [0.05, 0.1) is 13.0 Å². The number of nitrogens with zero attached hydrogens (tertiary/aromatic N) is 1. The molecule has 1 N–H and O–H groups in total. The number of hydrogen-bond donors (Lipinski definition) is 1. The quantitative estimate of drug-likeness (QED) is 0.920. The first-order valence-corrected chi connectivity index (χ1v) is 7.65. The van der Waals surface area contributed by atoms with E-state index in [1.54, 1.807) is 12.0 Å². The molecule has 1 saturated heterocycles. The molecule has 3 rings (SSSR count). The lowest BCUT2D eigenvalue weighted by Gasteiger charge is -2.18. The highest BCUT2D eigenvalue weighted by atomic mass is 16.5. The third kappa shape index (κ3) is 2.99. The first kappa shape index (κ1) is 15.3. The monoisotopic (exact) mass is 313 g/mol. The number of carboxylic acid groups (broad SMARTS) is 1. The van der Waals surface area contributed by atoms with Gasteiger partial charge in [0, 0.05) is 25.1 Å². The molecule has 1 fully saturated rings. The summed E-state index contributed by atoms with van der Waals surface area (Å²) < 4.78 is 5.46. The molecule has 0 aromatic heterocycles. The Morgan fingerprint density at radius 2 is 2.09 bits per heavy atom. The number of aliphatic carboxylic acids is 1. The summed E-state index contributed by atoms with van der Waals surface area (Å²) in [5.74, 6) is -0.776. The van der Waals surface area contributed by atoms with Crippen LogP contribution in [0.3, 0.4) is 0 Å². The van der Waals surface area contributed by atoms with Gasteiger partial charge in [0.25, 0.3) is 0 Å². The highest BCUT2D eigenvalue weighted by molar-refractivity contribution is 5.88. The molecule has 1 atom stereocenters. The van der Waals surface area contributed by atoms with Crippen LogP contribution in [0.2, 0.25) is 0 Å². The van der Waals surface area contributed by atoms with Gasteiger partial charge in [0.2, 0.25) is 5.91 Å². The van der Waals surface area contributed by atoms with E-state index in [1.165, 1.54) is 0 Å². The Balaban J connectivity index is 1.82. The van der Waals surface area contributed by atoms with Gasteiger partial charge >= 0.3 is 5.97 Å². The molecule has 5 heteroatoms. The lowest BCUT2D eigenvalue weighted by Crippen LogP contribution is -2.28. The standard InChI is InChI=1S/C18H19NO4/c1-23-16-7-6-12-4-2-3-5-14(12)15(16)8-9-19-11-13(18(21)22)10-17(19)20/h2-7,13H,8-11H2,1H3,(H,21,22). The fraction of sp³-hybridized carbons (Fsp3) is 0.333. The lowest BCUT2D eigenvalue weighted by atomic mass is 10.0. The second-order valence-corrected chi connectivity index (χ2v) is 5.80. The molecule has 0 bridgehead atoms. The Hall–Kier alpha value is -2.56. The number of likely N-dealkylation sites (tertiary alicyclic amines) is 1. The number of ether oxygens (including phenoxy) is 1. The van der Waals surface area contributed by atoms with Crippen LogP contribution in [-0.4, -0.2) is 42.1 Å². The van der Waals surface area contributed by atoms with E-state index >= 15 is 0 Å². The fourth-order valence-corrected chi connectivity index (χ4v) is 3.17. The molecule has 0 radical (unpaired) electrons. The Morgan fingerprint density at radius 1 is 1.30 bits per heavy atom. The topological polar surface area (TPSA) is 66.8 Å². The Kier molecular flexibility index (Phi) is 4.19. The minimum absolute atomic E-state index is 0.0865. The average Bonchev–Trinajstić information content (AvgIpc) is 2.93. The molecular formula is C18H19NO4. The van der Waals surface area contributed by atoms with Crippen LogP contribution in [-0.2, 0) is 16.0 Å². The molecule has 0 aliphatic carbocycles. The van der Waals surface area contributed by atoms with Crippen LogP contribution in [0.25, 0.3) is 10.8 Å². The van der Waals surface area contributed by atoms with Gasteiger partial charge < -0.3 is 14.7 Å². The van der Waals surface area contributed by atoms with Crippen molar-refractivity contribution in [3.8, 4) is 5.75 Å². The number of carbonyl (C=O) groups excluding carboxylic acids is 1. The zero-order valence-electron chi connectivity index (χ0n) is 13.0. The summed E-state index contributed by atoms with van der Waals surface area (Å²) in [6.07, 6.45) is 0.741. The number of amides is 1. The van der Waals surface area contributed by atoms with Crippen LogP contribution in [0, 0.1) is 5.92 Å². The van der Waals surface area contributed by atoms with E-state index in [1.807, 2.05) is 36.4 Å². The van der Waals surface area contributed by atoms with Gasteiger partial charge in [0.15, 0.2) is 0 Å². The number of fused-ring (bicyclic) bond motifs is 1. The number of carbonyl (C=O) groups is 2. The molecule has 0 spiro atoms. The maximum atomic E-state index is 12.0. The number of methoxy groups -OCH3 is 1. The maximum Gasteiger partial charge on any atom is 0.308 e. The largest absolute Gasteiger partial charge is 0.496 e. The van der Waals surface area contributed by atoms with Crippen molar-refractivity contribution < 1.29 is 19.4 Å². The van der Waals surface area contributed by atoms with Crippen molar-refractivity contribution in [1.82, 2.24) is 4.90 Å².